The average Bonchev–Trinajstić information content (AvgIpc) is 2.74. The van der Waals surface area contributed by atoms with Gasteiger partial charge in [0.25, 0.3) is 0 Å². The summed E-state index contributed by atoms with van der Waals surface area (Å²) in [6, 6.07) is 11.8. The Kier molecular flexibility index (Phi) is 8.16. The Labute approximate surface area is 176 Å². The molecule has 1 amide bonds. The van der Waals surface area contributed by atoms with Gasteiger partial charge in [-0.1, -0.05) is 12.1 Å². The maximum absolute atomic E-state index is 12.4. The van der Waals surface area contributed by atoms with Crippen LogP contribution in [-0.2, 0) is 14.8 Å². The largest absolute Gasteiger partial charge is 0.497 e. The van der Waals surface area contributed by atoms with Crippen molar-refractivity contribution >= 4 is 21.6 Å². The third-order valence-corrected chi connectivity index (χ3v) is 5.22. The maximum atomic E-state index is 12.4. The summed E-state index contributed by atoms with van der Waals surface area (Å²) in [5.74, 6) is 1.42. The standard InChI is InChI=1S/C20H26N2O7S/c1-26-15-9-10-16(19(13-15)28-3)22(30(4,24)25)14-20(23)21-11-12-29-18-8-6-5-7-17(18)27-2/h5-10,13H,11-12,14H2,1-4H3,(H,21,23). The number of anilines is 1. The molecular weight excluding hydrogens is 412 g/mol. The summed E-state index contributed by atoms with van der Waals surface area (Å²) < 4.78 is 46.7. The van der Waals surface area contributed by atoms with Crippen LogP contribution in [0.1, 0.15) is 0 Å². The highest BCUT2D eigenvalue weighted by molar-refractivity contribution is 7.92. The third kappa shape index (κ3) is 6.18. The van der Waals surface area contributed by atoms with Crippen molar-refractivity contribution in [2.45, 2.75) is 0 Å². The van der Waals surface area contributed by atoms with Gasteiger partial charge < -0.3 is 24.3 Å². The first kappa shape index (κ1) is 23.1. The van der Waals surface area contributed by atoms with E-state index in [-0.39, 0.29) is 24.6 Å². The molecule has 0 aliphatic heterocycles. The Balaban J connectivity index is 2.01. The number of carbonyl (C=O) groups is 1. The van der Waals surface area contributed by atoms with E-state index < -0.39 is 22.5 Å². The van der Waals surface area contributed by atoms with Crippen LogP contribution in [0.4, 0.5) is 5.69 Å². The number of rotatable bonds is 11. The number of methoxy groups -OCH3 is 3. The van der Waals surface area contributed by atoms with Crippen molar-refractivity contribution in [2.24, 2.45) is 0 Å². The Hall–Kier alpha value is -3.14. The zero-order valence-corrected chi connectivity index (χ0v) is 18.2. The van der Waals surface area contributed by atoms with Gasteiger partial charge in [-0.2, -0.15) is 0 Å². The van der Waals surface area contributed by atoms with Gasteiger partial charge in [0.2, 0.25) is 15.9 Å². The maximum Gasteiger partial charge on any atom is 0.240 e. The number of para-hydroxylation sites is 2. The predicted octanol–water partition coefficient (Wildman–Crippen LogP) is 1.67. The van der Waals surface area contributed by atoms with Crippen LogP contribution in [0.25, 0.3) is 0 Å². The molecule has 0 unspecified atom stereocenters. The Morgan fingerprint density at radius 3 is 2.23 bits per heavy atom. The second-order valence-corrected chi connectivity index (χ2v) is 8.06. The second kappa shape index (κ2) is 10.6. The van der Waals surface area contributed by atoms with Crippen molar-refractivity contribution in [3.05, 3.63) is 42.5 Å². The SMILES string of the molecule is COc1ccc(N(CC(=O)NCCOc2ccccc2OC)S(C)(=O)=O)c(OC)c1. The highest BCUT2D eigenvalue weighted by atomic mass is 32.2. The smallest absolute Gasteiger partial charge is 0.240 e. The van der Waals surface area contributed by atoms with Crippen molar-refractivity contribution in [3.63, 3.8) is 0 Å². The zero-order chi connectivity index (χ0) is 22.1. The van der Waals surface area contributed by atoms with Crippen LogP contribution in [0.2, 0.25) is 0 Å². The van der Waals surface area contributed by atoms with E-state index in [1.807, 2.05) is 12.1 Å². The van der Waals surface area contributed by atoms with Crippen molar-refractivity contribution in [3.8, 4) is 23.0 Å². The Morgan fingerprint density at radius 2 is 1.63 bits per heavy atom. The van der Waals surface area contributed by atoms with E-state index in [1.165, 1.54) is 27.4 Å². The Morgan fingerprint density at radius 1 is 0.967 bits per heavy atom. The molecule has 2 rings (SSSR count). The van der Waals surface area contributed by atoms with Crippen LogP contribution in [-0.4, -0.2) is 61.6 Å². The van der Waals surface area contributed by atoms with Crippen LogP contribution in [0, 0.1) is 0 Å². The third-order valence-electron chi connectivity index (χ3n) is 4.09. The van der Waals surface area contributed by atoms with Gasteiger partial charge >= 0.3 is 0 Å². The summed E-state index contributed by atoms with van der Waals surface area (Å²) in [7, 11) is 0.695. The molecule has 0 aliphatic carbocycles. The minimum absolute atomic E-state index is 0.189. The van der Waals surface area contributed by atoms with E-state index in [0.717, 1.165) is 10.6 Å². The molecule has 0 heterocycles. The topological polar surface area (TPSA) is 103 Å². The number of sulfonamides is 1. The van der Waals surface area contributed by atoms with Crippen LogP contribution in [0.15, 0.2) is 42.5 Å². The van der Waals surface area contributed by atoms with E-state index in [0.29, 0.717) is 17.2 Å². The number of hydrogen-bond donors (Lipinski definition) is 1. The molecule has 2 aromatic carbocycles. The zero-order valence-electron chi connectivity index (χ0n) is 17.4. The highest BCUT2D eigenvalue weighted by Gasteiger charge is 2.24. The van der Waals surface area contributed by atoms with Gasteiger partial charge in [-0.15, -0.1) is 0 Å². The molecule has 0 saturated heterocycles. The molecule has 0 fully saturated rings. The molecule has 164 valence electrons. The quantitative estimate of drug-likeness (QED) is 0.532. The molecule has 0 spiro atoms. The summed E-state index contributed by atoms with van der Waals surface area (Å²) >= 11 is 0. The van der Waals surface area contributed by atoms with Crippen molar-refractivity contribution < 1.29 is 32.2 Å². The molecule has 0 saturated carbocycles. The number of ether oxygens (including phenoxy) is 4. The molecule has 30 heavy (non-hydrogen) atoms. The normalized spacial score (nSPS) is 10.8. The monoisotopic (exact) mass is 438 g/mol. The number of hydrogen-bond acceptors (Lipinski definition) is 7. The van der Waals surface area contributed by atoms with Gasteiger partial charge in [-0.3, -0.25) is 9.10 Å². The molecule has 1 N–H and O–H groups in total. The van der Waals surface area contributed by atoms with Gasteiger partial charge in [0.15, 0.2) is 11.5 Å². The van der Waals surface area contributed by atoms with Crippen molar-refractivity contribution in [1.29, 1.82) is 0 Å². The number of carbonyl (C=O) groups excluding carboxylic acids is 1. The van der Waals surface area contributed by atoms with Crippen LogP contribution < -0.4 is 28.6 Å². The Bertz CT molecular complexity index is 963. The fourth-order valence-corrected chi connectivity index (χ4v) is 3.51. The van der Waals surface area contributed by atoms with E-state index in [1.54, 1.807) is 24.3 Å². The molecule has 0 aromatic heterocycles. The lowest BCUT2D eigenvalue weighted by Gasteiger charge is -2.24. The lowest BCUT2D eigenvalue weighted by molar-refractivity contribution is -0.119. The molecule has 0 bridgehead atoms. The lowest BCUT2D eigenvalue weighted by Crippen LogP contribution is -2.41. The molecule has 0 aliphatic rings. The number of nitrogens with one attached hydrogen (secondary N) is 1. The summed E-state index contributed by atoms with van der Waals surface area (Å²) in [5.41, 5.74) is 0.237. The first-order chi connectivity index (χ1) is 14.3. The molecule has 0 atom stereocenters. The molecule has 10 heteroatoms. The molecule has 9 nitrogen and oxygen atoms in total. The first-order valence-electron chi connectivity index (χ1n) is 9.02. The molecule has 2 aromatic rings. The summed E-state index contributed by atoms with van der Waals surface area (Å²) in [5, 5.41) is 2.65. The van der Waals surface area contributed by atoms with Gasteiger partial charge in [-0.25, -0.2) is 8.42 Å². The summed E-state index contributed by atoms with van der Waals surface area (Å²) in [6.45, 7) is -0.0265. The fraction of sp³-hybridized carbons (Fsp3) is 0.350. The average molecular weight is 439 g/mol. The van der Waals surface area contributed by atoms with Gasteiger partial charge in [0, 0.05) is 6.07 Å². The van der Waals surface area contributed by atoms with Gasteiger partial charge in [-0.05, 0) is 24.3 Å². The fourth-order valence-electron chi connectivity index (χ4n) is 2.65. The van der Waals surface area contributed by atoms with Crippen molar-refractivity contribution in [2.75, 3.05) is 51.6 Å². The van der Waals surface area contributed by atoms with Crippen molar-refractivity contribution in [1.82, 2.24) is 5.32 Å². The van der Waals surface area contributed by atoms with Crippen LogP contribution in [0.5, 0.6) is 23.0 Å². The van der Waals surface area contributed by atoms with Crippen LogP contribution in [0.3, 0.4) is 0 Å². The van der Waals surface area contributed by atoms with E-state index >= 15 is 0 Å². The number of amides is 1. The second-order valence-electron chi connectivity index (χ2n) is 6.16. The minimum Gasteiger partial charge on any atom is -0.497 e. The number of benzene rings is 2. The molecular formula is C20H26N2O7S. The summed E-state index contributed by atoms with van der Waals surface area (Å²) in [4.78, 5) is 12.4. The predicted molar refractivity (Wildman–Crippen MR) is 113 cm³/mol. The van der Waals surface area contributed by atoms with E-state index in [9.17, 15) is 13.2 Å². The first-order valence-corrected chi connectivity index (χ1v) is 10.9. The van der Waals surface area contributed by atoms with E-state index in [4.69, 9.17) is 18.9 Å². The van der Waals surface area contributed by atoms with E-state index in [2.05, 4.69) is 5.32 Å². The lowest BCUT2D eigenvalue weighted by atomic mass is 10.2. The van der Waals surface area contributed by atoms with Gasteiger partial charge in [0.1, 0.15) is 24.7 Å². The number of nitrogens with zero attached hydrogens (tertiary/aromatic N) is 1. The van der Waals surface area contributed by atoms with Crippen LogP contribution >= 0.6 is 0 Å². The summed E-state index contributed by atoms with van der Waals surface area (Å²) in [6.07, 6.45) is 1.02. The van der Waals surface area contributed by atoms with Gasteiger partial charge in [0.05, 0.1) is 39.8 Å². The molecule has 0 radical (unpaired) electrons. The highest BCUT2D eigenvalue weighted by Crippen LogP contribution is 2.33. The minimum atomic E-state index is -3.74.